The molecule has 0 aliphatic heterocycles. The van der Waals surface area contributed by atoms with Crippen LogP contribution in [-0.2, 0) is 6.42 Å². The van der Waals surface area contributed by atoms with Gasteiger partial charge in [0.2, 0.25) is 0 Å². The van der Waals surface area contributed by atoms with Crippen LogP contribution in [0.25, 0.3) is 0 Å². The van der Waals surface area contributed by atoms with Gasteiger partial charge < -0.3 is 10.6 Å². The Morgan fingerprint density at radius 3 is 2.68 bits per heavy atom. The molecule has 1 aromatic carbocycles. The number of rotatable bonds is 6. The van der Waals surface area contributed by atoms with Crippen LogP contribution >= 0.6 is 0 Å². The van der Waals surface area contributed by atoms with Crippen LogP contribution in [0.2, 0.25) is 0 Å². The maximum Gasteiger partial charge on any atom is 0.0397 e. The van der Waals surface area contributed by atoms with Crippen molar-refractivity contribution in [1.82, 2.24) is 0 Å². The molecular weight excluding hydrogens is 232 g/mol. The lowest BCUT2D eigenvalue weighted by Gasteiger charge is -2.32. The van der Waals surface area contributed by atoms with E-state index in [1.165, 1.54) is 42.6 Å². The first-order valence-electron chi connectivity index (χ1n) is 7.66. The molecule has 0 bridgehead atoms. The molecule has 1 unspecified atom stereocenters. The smallest absolute Gasteiger partial charge is 0.0397 e. The summed E-state index contributed by atoms with van der Waals surface area (Å²) in [4.78, 5) is 2.43. The van der Waals surface area contributed by atoms with Gasteiger partial charge in [-0.05, 0) is 50.2 Å². The highest BCUT2D eigenvalue weighted by molar-refractivity contribution is 5.55. The second kappa shape index (κ2) is 6.42. The lowest BCUT2D eigenvalue weighted by atomic mass is 9.85. The zero-order valence-corrected chi connectivity index (χ0v) is 12.7. The summed E-state index contributed by atoms with van der Waals surface area (Å²) in [6, 6.07) is 7.07. The van der Waals surface area contributed by atoms with Gasteiger partial charge in [-0.3, -0.25) is 0 Å². The molecule has 0 saturated heterocycles. The molecule has 19 heavy (non-hydrogen) atoms. The van der Waals surface area contributed by atoms with E-state index in [9.17, 15) is 0 Å². The topological polar surface area (TPSA) is 29.3 Å². The van der Waals surface area contributed by atoms with Crippen LogP contribution < -0.4 is 10.6 Å². The molecule has 1 aliphatic rings. The first-order chi connectivity index (χ1) is 9.10. The number of aryl methyl sites for hydroxylation is 1. The minimum absolute atomic E-state index is 0.276. The molecule has 2 N–H and O–H groups in total. The van der Waals surface area contributed by atoms with Crippen molar-refractivity contribution in [2.75, 3.05) is 18.5 Å². The molecular formula is C17H28N2. The van der Waals surface area contributed by atoms with E-state index in [-0.39, 0.29) is 6.04 Å². The average Bonchev–Trinajstić information content (AvgIpc) is 2.33. The summed E-state index contributed by atoms with van der Waals surface area (Å²) in [5.41, 5.74) is 10.3. The number of hydrogen-bond donors (Lipinski definition) is 1. The number of benzene rings is 1. The van der Waals surface area contributed by atoms with Crippen LogP contribution in [0.15, 0.2) is 18.2 Å². The lowest BCUT2D eigenvalue weighted by molar-refractivity contribution is 0.321. The highest BCUT2D eigenvalue weighted by atomic mass is 15.1. The van der Waals surface area contributed by atoms with Crippen LogP contribution in [0, 0.1) is 12.8 Å². The van der Waals surface area contributed by atoms with Crippen molar-refractivity contribution >= 4 is 5.69 Å². The van der Waals surface area contributed by atoms with E-state index >= 15 is 0 Å². The predicted octanol–water partition coefficient (Wildman–Crippen LogP) is 3.51. The second-order valence-electron chi connectivity index (χ2n) is 6.18. The molecule has 2 nitrogen and oxygen atoms in total. The Kier molecular flexibility index (Phi) is 4.87. The van der Waals surface area contributed by atoms with Crippen molar-refractivity contribution in [2.45, 2.75) is 52.0 Å². The minimum Gasteiger partial charge on any atom is -0.374 e. The maximum atomic E-state index is 6.14. The van der Waals surface area contributed by atoms with Crippen molar-refractivity contribution < 1.29 is 0 Å². The maximum absolute atomic E-state index is 6.14. The van der Waals surface area contributed by atoms with Gasteiger partial charge >= 0.3 is 0 Å². The van der Waals surface area contributed by atoms with Gasteiger partial charge in [0.05, 0.1) is 0 Å². The van der Waals surface area contributed by atoms with E-state index < -0.39 is 0 Å². The fourth-order valence-corrected chi connectivity index (χ4v) is 2.84. The van der Waals surface area contributed by atoms with Gasteiger partial charge in [-0.1, -0.05) is 31.0 Å². The van der Waals surface area contributed by atoms with Crippen LogP contribution in [0.3, 0.4) is 0 Å². The van der Waals surface area contributed by atoms with Crippen molar-refractivity contribution in [3.05, 3.63) is 29.3 Å². The summed E-state index contributed by atoms with van der Waals surface area (Å²) < 4.78 is 0. The summed E-state index contributed by atoms with van der Waals surface area (Å²) in [6.07, 6.45) is 6.25. The van der Waals surface area contributed by atoms with Gasteiger partial charge in [0.25, 0.3) is 0 Å². The number of nitrogens with two attached hydrogens (primary N) is 1. The monoisotopic (exact) mass is 260 g/mol. The van der Waals surface area contributed by atoms with E-state index in [0.29, 0.717) is 0 Å². The van der Waals surface area contributed by atoms with E-state index in [0.717, 1.165) is 18.8 Å². The third-order valence-electron chi connectivity index (χ3n) is 4.41. The molecule has 2 rings (SSSR count). The van der Waals surface area contributed by atoms with E-state index in [4.69, 9.17) is 5.73 Å². The van der Waals surface area contributed by atoms with E-state index in [1.807, 2.05) is 0 Å². The van der Waals surface area contributed by atoms with Gasteiger partial charge in [0.15, 0.2) is 0 Å². The summed E-state index contributed by atoms with van der Waals surface area (Å²) in [5.74, 6) is 0.902. The van der Waals surface area contributed by atoms with Crippen LogP contribution in [0.5, 0.6) is 0 Å². The minimum atomic E-state index is 0.276. The summed E-state index contributed by atoms with van der Waals surface area (Å²) in [6.45, 7) is 5.52. The quantitative estimate of drug-likeness (QED) is 0.848. The molecule has 106 valence electrons. The average molecular weight is 260 g/mol. The van der Waals surface area contributed by atoms with Crippen molar-refractivity contribution in [1.29, 1.82) is 0 Å². The predicted molar refractivity (Wildman–Crippen MR) is 83.8 cm³/mol. The molecule has 0 heterocycles. The lowest BCUT2D eigenvalue weighted by Crippen LogP contribution is -2.30. The summed E-state index contributed by atoms with van der Waals surface area (Å²) in [5, 5.41) is 0. The molecule has 0 amide bonds. The van der Waals surface area contributed by atoms with Gasteiger partial charge in [0.1, 0.15) is 0 Å². The molecule has 2 heteroatoms. The number of nitrogens with zero attached hydrogens (tertiary/aromatic N) is 1. The normalized spacial score (nSPS) is 17.1. The van der Waals surface area contributed by atoms with Crippen molar-refractivity contribution in [2.24, 2.45) is 11.7 Å². The Morgan fingerprint density at radius 2 is 2.11 bits per heavy atom. The Morgan fingerprint density at radius 1 is 1.37 bits per heavy atom. The zero-order chi connectivity index (χ0) is 13.8. The molecule has 1 atom stereocenters. The van der Waals surface area contributed by atoms with Gasteiger partial charge in [0, 0.05) is 25.3 Å². The molecule has 1 fully saturated rings. The Balaban J connectivity index is 2.12. The third-order valence-corrected chi connectivity index (χ3v) is 4.41. The Hall–Kier alpha value is -1.02. The first-order valence-corrected chi connectivity index (χ1v) is 7.66. The zero-order valence-electron chi connectivity index (χ0n) is 12.7. The fourth-order valence-electron chi connectivity index (χ4n) is 2.84. The van der Waals surface area contributed by atoms with E-state index in [2.05, 4.69) is 44.0 Å². The molecule has 0 radical (unpaired) electrons. The van der Waals surface area contributed by atoms with Crippen LogP contribution in [0.4, 0.5) is 5.69 Å². The second-order valence-corrected chi connectivity index (χ2v) is 6.18. The highest BCUT2D eigenvalue weighted by Crippen LogP contribution is 2.30. The summed E-state index contributed by atoms with van der Waals surface area (Å²) in [7, 11) is 2.23. The molecule has 0 aromatic heterocycles. The fraction of sp³-hybridized carbons (Fsp3) is 0.647. The van der Waals surface area contributed by atoms with Gasteiger partial charge in [-0.2, -0.15) is 0 Å². The summed E-state index contributed by atoms with van der Waals surface area (Å²) >= 11 is 0. The third kappa shape index (κ3) is 3.73. The SMILES string of the molecule is CCC(N)Cc1cc(C)ccc1N(C)CC1CCC1. The van der Waals surface area contributed by atoms with Crippen LogP contribution in [0.1, 0.15) is 43.7 Å². The molecule has 1 aromatic rings. The van der Waals surface area contributed by atoms with Crippen molar-refractivity contribution in [3.63, 3.8) is 0 Å². The highest BCUT2D eigenvalue weighted by Gasteiger charge is 2.20. The van der Waals surface area contributed by atoms with Gasteiger partial charge in [-0.15, -0.1) is 0 Å². The molecule has 1 aliphatic carbocycles. The largest absolute Gasteiger partial charge is 0.374 e. The van der Waals surface area contributed by atoms with E-state index in [1.54, 1.807) is 0 Å². The van der Waals surface area contributed by atoms with Gasteiger partial charge in [-0.25, -0.2) is 0 Å². The Labute approximate surface area is 118 Å². The molecule has 1 saturated carbocycles. The first kappa shape index (κ1) is 14.4. The molecule has 0 spiro atoms. The van der Waals surface area contributed by atoms with Crippen LogP contribution in [-0.4, -0.2) is 19.6 Å². The number of anilines is 1. The standard InChI is InChI=1S/C17H28N2/c1-4-16(18)11-15-10-13(2)8-9-17(15)19(3)12-14-6-5-7-14/h8-10,14,16H,4-7,11-12,18H2,1-3H3. The Bertz CT molecular complexity index is 410. The number of hydrogen-bond acceptors (Lipinski definition) is 2. The van der Waals surface area contributed by atoms with Crippen molar-refractivity contribution in [3.8, 4) is 0 Å².